The van der Waals surface area contributed by atoms with E-state index >= 15 is 0 Å². The summed E-state index contributed by atoms with van der Waals surface area (Å²) in [6.45, 7) is -0.0410. The molecule has 0 aromatic heterocycles. The fourth-order valence-electron chi connectivity index (χ4n) is 2.34. The van der Waals surface area contributed by atoms with E-state index in [1.807, 2.05) is 0 Å². The molecule has 0 radical (unpaired) electrons. The molecule has 0 aliphatic heterocycles. The number of carboxylic acids is 2. The van der Waals surface area contributed by atoms with Crippen LogP contribution in [0.25, 0.3) is 0 Å². The topological polar surface area (TPSA) is 122 Å². The van der Waals surface area contributed by atoms with Gasteiger partial charge in [-0.15, -0.1) is 0 Å². The smallest absolute Gasteiger partial charge is 0.411 e. The Hall–Kier alpha value is -3.55. The molecule has 0 saturated heterocycles. The van der Waals surface area contributed by atoms with Gasteiger partial charge in [-0.05, 0) is 41.8 Å². The van der Waals surface area contributed by atoms with Gasteiger partial charge in [0.2, 0.25) is 0 Å². The van der Waals surface area contributed by atoms with Crippen molar-refractivity contribution in [2.24, 2.45) is 5.92 Å². The standard InChI is InChI=1S/C19H19NO7/c1-26-15-7-5-14(6-8-15)20-19(25)27-11-13-4-2-3-12(9-13)10-16(17(21)22)18(23)24/h2-9,16H,10-11H2,1H3,(H,20,25)(H,21,22)(H,23,24). The predicted octanol–water partition coefficient (Wildman–Crippen LogP) is 2.77. The van der Waals surface area contributed by atoms with Gasteiger partial charge in [0.15, 0.2) is 5.92 Å². The van der Waals surface area contributed by atoms with Crippen LogP contribution in [-0.2, 0) is 27.4 Å². The fourth-order valence-corrected chi connectivity index (χ4v) is 2.34. The van der Waals surface area contributed by atoms with E-state index in [1.54, 1.807) is 55.6 Å². The Labute approximate surface area is 155 Å². The first-order valence-corrected chi connectivity index (χ1v) is 8.00. The number of carboxylic acid groups (broad SMARTS) is 2. The van der Waals surface area contributed by atoms with Gasteiger partial charge >= 0.3 is 18.0 Å². The number of amides is 1. The molecule has 0 aliphatic rings. The van der Waals surface area contributed by atoms with Crippen molar-refractivity contribution >= 4 is 23.7 Å². The van der Waals surface area contributed by atoms with E-state index in [9.17, 15) is 14.4 Å². The minimum Gasteiger partial charge on any atom is -0.497 e. The number of carbonyl (C=O) groups is 3. The quantitative estimate of drug-likeness (QED) is 0.608. The van der Waals surface area contributed by atoms with E-state index in [0.29, 0.717) is 22.6 Å². The molecule has 8 heteroatoms. The second-order valence-corrected chi connectivity index (χ2v) is 5.68. The Morgan fingerprint density at radius 1 is 1.00 bits per heavy atom. The van der Waals surface area contributed by atoms with Crippen molar-refractivity contribution in [3.63, 3.8) is 0 Å². The van der Waals surface area contributed by atoms with Crippen molar-refractivity contribution < 1.29 is 34.1 Å². The first kappa shape index (κ1) is 19.8. The number of ether oxygens (including phenoxy) is 2. The lowest BCUT2D eigenvalue weighted by atomic mass is 9.98. The molecular formula is C19H19NO7. The highest BCUT2D eigenvalue weighted by Gasteiger charge is 2.25. The molecule has 2 aromatic rings. The number of benzene rings is 2. The largest absolute Gasteiger partial charge is 0.497 e. The summed E-state index contributed by atoms with van der Waals surface area (Å²) in [6.07, 6.45) is -0.809. The van der Waals surface area contributed by atoms with Crippen LogP contribution < -0.4 is 10.1 Å². The number of anilines is 1. The monoisotopic (exact) mass is 373 g/mol. The lowest BCUT2D eigenvalue weighted by molar-refractivity contribution is -0.154. The maximum atomic E-state index is 11.9. The summed E-state index contributed by atoms with van der Waals surface area (Å²) in [5.41, 5.74) is 1.69. The van der Waals surface area contributed by atoms with E-state index < -0.39 is 23.9 Å². The number of hydrogen-bond donors (Lipinski definition) is 3. The molecule has 1 amide bonds. The average molecular weight is 373 g/mol. The molecule has 3 N–H and O–H groups in total. The molecule has 2 aromatic carbocycles. The number of rotatable bonds is 8. The summed E-state index contributed by atoms with van der Waals surface area (Å²) in [6, 6.07) is 13.3. The number of aliphatic carboxylic acids is 2. The summed E-state index contributed by atoms with van der Waals surface area (Å²) < 4.78 is 10.2. The Morgan fingerprint density at radius 2 is 1.63 bits per heavy atom. The third kappa shape index (κ3) is 6.03. The Morgan fingerprint density at radius 3 is 2.22 bits per heavy atom. The van der Waals surface area contributed by atoms with Crippen LogP contribution in [0.15, 0.2) is 48.5 Å². The fraction of sp³-hybridized carbons (Fsp3) is 0.211. The highest BCUT2D eigenvalue weighted by molar-refractivity contribution is 5.93. The van der Waals surface area contributed by atoms with Gasteiger partial charge in [0.25, 0.3) is 0 Å². The third-order valence-corrected chi connectivity index (χ3v) is 3.73. The maximum Gasteiger partial charge on any atom is 0.411 e. The average Bonchev–Trinajstić information content (AvgIpc) is 2.65. The Bertz CT molecular complexity index is 803. The van der Waals surface area contributed by atoms with Crippen LogP contribution in [0.3, 0.4) is 0 Å². The highest BCUT2D eigenvalue weighted by atomic mass is 16.5. The molecule has 0 spiro atoms. The van der Waals surface area contributed by atoms with Crippen LogP contribution in [0.2, 0.25) is 0 Å². The molecule has 2 rings (SSSR count). The molecule has 0 unspecified atom stereocenters. The minimum atomic E-state index is -1.53. The SMILES string of the molecule is COc1ccc(NC(=O)OCc2cccc(CC(C(=O)O)C(=O)O)c2)cc1. The van der Waals surface area contributed by atoms with Gasteiger partial charge in [0.1, 0.15) is 12.4 Å². The van der Waals surface area contributed by atoms with Gasteiger partial charge in [-0.25, -0.2) is 4.79 Å². The van der Waals surface area contributed by atoms with Crippen molar-refractivity contribution in [1.29, 1.82) is 0 Å². The van der Waals surface area contributed by atoms with Crippen molar-refractivity contribution in [3.8, 4) is 5.75 Å². The van der Waals surface area contributed by atoms with Gasteiger partial charge < -0.3 is 19.7 Å². The Kier molecular flexibility index (Phi) is 6.76. The van der Waals surface area contributed by atoms with Crippen LogP contribution in [0.5, 0.6) is 5.75 Å². The van der Waals surface area contributed by atoms with Crippen LogP contribution in [0, 0.1) is 5.92 Å². The first-order valence-electron chi connectivity index (χ1n) is 8.00. The minimum absolute atomic E-state index is 0.0410. The lowest BCUT2D eigenvalue weighted by Crippen LogP contribution is -2.25. The summed E-state index contributed by atoms with van der Waals surface area (Å²) in [5.74, 6) is -3.67. The van der Waals surface area contributed by atoms with Crippen LogP contribution >= 0.6 is 0 Å². The lowest BCUT2D eigenvalue weighted by Gasteiger charge is -2.10. The molecule has 0 saturated carbocycles. The zero-order chi connectivity index (χ0) is 19.8. The normalized spacial score (nSPS) is 10.3. The zero-order valence-electron chi connectivity index (χ0n) is 14.5. The molecule has 0 fully saturated rings. The first-order chi connectivity index (χ1) is 12.9. The second-order valence-electron chi connectivity index (χ2n) is 5.68. The Balaban J connectivity index is 1.92. The van der Waals surface area contributed by atoms with Crippen molar-refractivity contribution in [3.05, 3.63) is 59.7 Å². The highest BCUT2D eigenvalue weighted by Crippen LogP contribution is 2.16. The molecule has 27 heavy (non-hydrogen) atoms. The number of carbonyl (C=O) groups excluding carboxylic acids is 1. The molecule has 142 valence electrons. The van der Waals surface area contributed by atoms with E-state index in [4.69, 9.17) is 19.7 Å². The van der Waals surface area contributed by atoms with E-state index in [2.05, 4.69) is 5.32 Å². The molecule has 0 heterocycles. The summed E-state index contributed by atoms with van der Waals surface area (Å²) >= 11 is 0. The molecule has 8 nitrogen and oxygen atoms in total. The second kappa shape index (κ2) is 9.23. The molecule has 0 aliphatic carbocycles. The van der Waals surface area contributed by atoms with Gasteiger partial charge in [-0.2, -0.15) is 0 Å². The summed E-state index contributed by atoms with van der Waals surface area (Å²) in [4.78, 5) is 33.8. The van der Waals surface area contributed by atoms with Crippen molar-refractivity contribution in [2.75, 3.05) is 12.4 Å². The number of nitrogens with one attached hydrogen (secondary N) is 1. The van der Waals surface area contributed by atoms with Crippen molar-refractivity contribution in [1.82, 2.24) is 0 Å². The zero-order valence-corrected chi connectivity index (χ0v) is 14.5. The van der Waals surface area contributed by atoms with E-state index in [0.717, 1.165) is 0 Å². The predicted molar refractivity (Wildman–Crippen MR) is 95.7 cm³/mol. The summed E-state index contributed by atoms with van der Waals surface area (Å²) in [7, 11) is 1.54. The molecule has 0 atom stereocenters. The van der Waals surface area contributed by atoms with E-state index in [-0.39, 0.29) is 13.0 Å². The van der Waals surface area contributed by atoms with E-state index in [1.165, 1.54) is 0 Å². The van der Waals surface area contributed by atoms with Gasteiger partial charge in [-0.1, -0.05) is 24.3 Å². The summed E-state index contributed by atoms with van der Waals surface area (Å²) in [5, 5.41) is 20.5. The van der Waals surface area contributed by atoms with Crippen LogP contribution in [0.1, 0.15) is 11.1 Å². The van der Waals surface area contributed by atoms with Gasteiger partial charge in [-0.3, -0.25) is 14.9 Å². The molecule has 0 bridgehead atoms. The third-order valence-electron chi connectivity index (χ3n) is 3.73. The number of hydrogen-bond acceptors (Lipinski definition) is 5. The van der Waals surface area contributed by atoms with Crippen molar-refractivity contribution in [2.45, 2.75) is 13.0 Å². The molecular weight excluding hydrogens is 354 g/mol. The van der Waals surface area contributed by atoms with Crippen LogP contribution in [-0.4, -0.2) is 35.4 Å². The van der Waals surface area contributed by atoms with Crippen LogP contribution in [0.4, 0.5) is 10.5 Å². The maximum absolute atomic E-state index is 11.9. The van der Waals surface area contributed by atoms with Gasteiger partial charge in [0, 0.05) is 5.69 Å². The number of methoxy groups -OCH3 is 1. The van der Waals surface area contributed by atoms with Gasteiger partial charge in [0.05, 0.1) is 7.11 Å².